The van der Waals surface area contributed by atoms with Gasteiger partial charge in [-0.2, -0.15) is 13.2 Å². The molecule has 0 saturated heterocycles. The van der Waals surface area contributed by atoms with Gasteiger partial charge < -0.3 is 5.73 Å². The van der Waals surface area contributed by atoms with Crippen molar-refractivity contribution in [3.63, 3.8) is 0 Å². The molecule has 1 saturated carbocycles. The molecule has 0 aromatic carbocycles. The van der Waals surface area contributed by atoms with Gasteiger partial charge in [0.15, 0.2) is 0 Å². The van der Waals surface area contributed by atoms with Crippen molar-refractivity contribution in [2.45, 2.75) is 51.2 Å². The van der Waals surface area contributed by atoms with Gasteiger partial charge in [0.2, 0.25) is 0 Å². The quantitative estimate of drug-likeness (QED) is 0.743. The molecule has 1 rings (SSSR count). The van der Waals surface area contributed by atoms with E-state index in [4.69, 9.17) is 5.73 Å². The van der Waals surface area contributed by atoms with E-state index in [9.17, 15) is 13.2 Å². The highest BCUT2D eigenvalue weighted by atomic mass is 19.4. The minimum atomic E-state index is -4.11. The van der Waals surface area contributed by atoms with Crippen LogP contribution in [0.25, 0.3) is 0 Å². The Morgan fingerprint density at radius 1 is 1.36 bits per heavy atom. The second-order valence-electron chi connectivity index (χ2n) is 4.52. The van der Waals surface area contributed by atoms with Gasteiger partial charge in [-0.3, -0.25) is 0 Å². The molecule has 2 N–H and O–H groups in total. The molecular formula is C10H18F3N. The van der Waals surface area contributed by atoms with Gasteiger partial charge in [-0.25, -0.2) is 0 Å². The van der Waals surface area contributed by atoms with Gasteiger partial charge in [0, 0.05) is 6.04 Å². The molecule has 1 fully saturated rings. The smallest absolute Gasteiger partial charge is 0.327 e. The minimum absolute atomic E-state index is 0.0698. The maximum Gasteiger partial charge on any atom is 0.390 e. The highest BCUT2D eigenvalue weighted by Crippen LogP contribution is 2.33. The first-order chi connectivity index (χ1) is 6.38. The zero-order valence-electron chi connectivity index (χ0n) is 8.48. The normalized spacial score (nSPS) is 31.5. The summed E-state index contributed by atoms with van der Waals surface area (Å²) in [6.07, 6.45) is -1.06. The van der Waals surface area contributed by atoms with Crippen molar-refractivity contribution in [1.82, 2.24) is 0 Å². The Labute approximate surface area is 82.9 Å². The summed E-state index contributed by atoms with van der Waals surface area (Å²) in [5.74, 6) is 0.605. The molecule has 0 radical (unpaired) electrons. The highest BCUT2D eigenvalue weighted by molar-refractivity contribution is 4.80. The fraction of sp³-hybridized carbons (Fsp3) is 1.00. The Kier molecular flexibility index (Phi) is 3.81. The largest absolute Gasteiger partial charge is 0.390 e. The van der Waals surface area contributed by atoms with Gasteiger partial charge in [0.25, 0.3) is 0 Å². The third kappa shape index (κ3) is 3.86. The highest BCUT2D eigenvalue weighted by Gasteiger charge is 2.34. The van der Waals surface area contributed by atoms with Crippen LogP contribution in [0.2, 0.25) is 0 Å². The Bertz CT molecular complexity index is 179. The van der Waals surface area contributed by atoms with Crippen LogP contribution in [-0.2, 0) is 0 Å². The summed E-state index contributed by atoms with van der Waals surface area (Å²) in [7, 11) is 0. The van der Waals surface area contributed by atoms with Crippen molar-refractivity contribution in [2.24, 2.45) is 17.6 Å². The molecule has 4 heteroatoms. The fourth-order valence-corrected chi connectivity index (χ4v) is 2.30. The Hall–Kier alpha value is -0.250. The summed E-state index contributed by atoms with van der Waals surface area (Å²) in [6, 6.07) is -0.697. The predicted octanol–water partition coefficient (Wildman–Crippen LogP) is 3.09. The molecule has 2 unspecified atom stereocenters. The first-order valence-electron chi connectivity index (χ1n) is 5.21. The third-order valence-electron chi connectivity index (χ3n) is 3.05. The summed E-state index contributed by atoms with van der Waals surface area (Å²) in [5.41, 5.74) is 5.58. The number of nitrogens with two attached hydrogens (primary N) is 1. The molecule has 1 nitrogen and oxygen atoms in total. The van der Waals surface area contributed by atoms with E-state index in [1.807, 2.05) is 0 Å². The minimum Gasteiger partial charge on any atom is -0.327 e. The summed E-state index contributed by atoms with van der Waals surface area (Å²) >= 11 is 0. The Morgan fingerprint density at radius 3 is 2.50 bits per heavy atom. The second-order valence-corrected chi connectivity index (χ2v) is 4.52. The average Bonchev–Trinajstić information content (AvgIpc) is 2.01. The van der Waals surface area contributed by atoms with Gasteiger partial charge in [-0.05, 0) is 24.7 Å². The van der Waals surface area contributed by atoms with Gasteiger partial charge in [0.05, 0.1) is 6.42 Å². The third-order valence-corrected chi connectivity index (χ3v) is 3.05. The van der Waals surface area contributed by atoms with Gasteiger partial charge in [0.1, 0.15) is 0 Å². The predicted molar refractivity (Wildman–Crippen MR) is 49.8 cm³/mol. The Morgan fingerprint density at radius 2 is 2.00 bits per heavy atom. The van der Waals surface area contributed by atoms with Crippen LogP contribution in [0.4, 0.5) is 13.2 Å². The summed E-state index contributed by atoms with van der Waals surface area (Å²) in [5, 5.41) is 0. The van der Waals surface area contributed by atoms with E-state index >= 15 is 0 Å². The molecule has 0 aromatic heterocycles. The monoisotopic (exact) mass is 209 g/mol. The maximum absolute atomic E-state index is 12.1. The molecule has 0 heterocycles. The zero-order valence-corrected chi connectivity index (χ0v) is 8.48. The van der Waals surface area contributed by atoms with Crippen molar-refractivity contribution >= 4 is 0 Å². The van der Waals surface area contributed by atoms with E-state index in [0.29, 0.717) is 5.92 Å². The summed E-state index contributed by atoms with van der Waals surface area (Å²) < 4.78 is 36.2. The molecule has 3 atom stereocenters. The van der Waals surface area contributed by atoms with Crippen LogP contribution in [0, 0.1) is 11.8 Å². The number of halogens is 3. The van der Waals surface area contributed by atoms with Crippen LogP contribution in [-0.4, -0.2) is 12.2 Å². The number of hydrogen-bond acceptors (Lipinski definition) is 1. The van der Waals surface area contributed by atoms with Crippen LogP contribution >= 0.6 is 0 Å². The van der Waals surface area contributed by atoms with E-state index in [-0.39, 0.29) is 5.92 Å². The standard InChI is InChI=1S/C10H18F3N/c1-7-3-2-4-8(5-7)9(14)6-10(11,12)13/h7-9H,2-6,14H2,1H3/t7?,8?,9-/m1/s1. The average molecular weight is 209 g/mol. The molecule has 0 spiro atoms. The molecule has 0 aliphatic heterocycles. The SMILES string of the molecule is CC1CCCC([C@H](N)CC(F)(F)F)C1. The van der Waals surface area contributed by atoms with Crippen molar-refractivity contribution in [3.05, 3.63) is 0 Å². The van der Waals surface area contributed by atoms with E-state index < -0.39 is 18.6 Å². The lowest BCUT2D eigenvalue weighted by atomic mass is 9.78. The van der Waals surface area contributed by atoms with E-state index in [1.54, 1.807) is 0 Å². The molecule has 0 aromatic rings. The van der Waals surface area contributed by atoms with Crippen molar-refractivity contribution in [2.75, 3.05) is 0 Å². The zero-order chi connectivity index (χ0) is 10.8. The van der Waals surface area contributed by atoms with Gasteiger partial charge in [-0.1, -0.05) is 19.8 Å². The molecule has 1 aliphatic carbocycles. The van der Waals surface area contributed by atoms with E-state index in [2.05, 4.69) is 6.92 Å². The fourth-order valence-electron chi connectivity index (χ4n) is 2.30. The van der Waals surface area contributed by atoms with Crippen molar-refractivity contribution in [3.8, 4) is 0 Å². The molecule has 0 bridgehead atoms. The lowest BCUT2D eigenvalue weighted by molar-refractivity contribution is -0.141. The molecule has 84 valence electrons. The van der Waals surface area contributed by atoms with Gasteiger partial charge in [-0.15, -0.1) is 0 Å². The van der Waals surface area contributed by atoms with Crippen molar-refractivity contribution < 1.29 is 13.2 Å². The van der Waals surface area contributed by atoms with E-state index in [1.165, 1.54) is 0 Å². The first-order valence-corrected chi connectivity index (χ1v) is 5.21. The lowest BCUT2D eigenvalue weighted by Gasteiger charge is -2.31. The molecule has 14 heavy (non-hydrogen) atoms. The number of rotatable bonds is 2. The van der Waals surface area contributed by atoms with Crippen LogP contribution in [0.5, 0.6) is 0 Å². The Balaban J connectivity index is 2.39. The second kappa shape index (κ2) is 4.51. The van der Waals surface area contributed by atoms with Crippen molar-refractivity contribution in [1.29, 1.82) is 0 Å². The number of alkyl halides is 3. The lowest BCUT2D eigenvalue weighted by Crippen LogP contribution is -2.37. The molecular weight excluding hydrogens is 191 g/mol. The van der Waals surface area contributed by atoms with Crippen LogP contribution in [0.1, 0.15) is 39.0 Å². The summed E-state index contributed by atoms with van der Waals surface area (Å²) in [4.78, 5) is 0. The molecule has 1 aliphatic rings. The van der Waals surface area contributed by atoms with Crippen LogP contribution in [0.3, 0.4) is 0 Å². The van der Waals surface area contributed by atoms with Crippen LogP contribution in [0.15, 0.2) is 0 Å². The number of hydrogen-bond donors (Lipinski definition) is 1. The summed E-state index contributed by atoms with van der Waals surface area (Å²) in [6.45, 7) is 2.09. The van der Waals surface area contributed by atoms with Crippen LogP contribution < -0.4 is 5.73 Å². The topological polar surface area (TPSA) is 26.0 Å². The van der Waals surface area contributed by atoms with E-state index in [0.717, 1.165) is 25.7 Å². The maximum atomic E-state index is 12.1. The first kappa shape index (κ1) is 11.8. The molecule has 0 amide bonds. The van der Waals surface area contributed by atoms with Gasteiger partial charge >= 0.3 is 6.18 Å².